The van der Waals surface area contributed by atoms with Gasteiger partial charge in [-0.25, -0.2) is 9.48 Å². The summed E-state index contributed by atoms with van der Waals surface area (Å²) in [7, 11) is 0. The van der Waals surface area contributed by atoms with E-state index in [4.69, 9.17) is 4.74 Å². The highest BCUT2D eigenvalue weighted by atomic mass is 16.5. The number of carbonyl (C=O) groups excluding carboxylic acids is 1. The number of rotatable bonds is 5. The average Bonchev–Trinajstić information content (AvgIpc) is 2.89. The van der Waals surface area contributed by atoms with Crippen LogP contribution in [-0.2, 0) is 16.1 Å². The molecule has 0 amide bonds. The third-order valence-electron chi connectivity index (χ3n) is 4.39. The summed E-state index contributed by atoms with van der Waals surface area (Å²) in [6.45, 7) is 2.86. The van der Waals surface area contributed by atoms with E-state index in [2.05, 4.69) is 24.2 Å². The number of esters is 1. The summed E-state index contributed by atoms with van der Waals surface area (Å²) < 4.78 is 8.13. The van der Waals surface area contributed by atoms with E-state index in [1.807, 2.05) is 6.07 Å². The Hall–Kier alpha value is -2.37. The van der Waals surface area contributed by atoms with Crippen LogP contribution in [0.1, 0.15) is 26.2 Å². The number of allylic oxidation sites excluding steroid dienone is 2. The molecule has 3 rings (SSSR count). The number of nitrogens with zero attached hydrogens (tertiary/aromatic N) is 3. The molecule has 0 aromatic carbocycles. The normalized spacial score (nSPS) is 20.7. The quantitative estimate of drug-likeness (QED) is 0.625. The molecule has 23 heavy (non-hydrogen) atoms. The lowest BCUT2D eigenvalue weighted by molar-refractivity contribution is -0.145. The van der Waals surface area contributed by atoms with Crippen LogP contribution in [0.3, 0.4) is 0 Å². The van der Waals surface area contributed by atoms with E-state index in [0.717, 1.165) is 12.8 Å². The molecule has 2 aromatic rings. The first-order valence-electron chi connectivity index (χ1n) is 8.00. The Morgan fingerprint density at radius 3 is 2.96 bits per heavy atom. The lowest BCUT2D eigenvalue weighted by Crippen LogP contribution is -2.24. The van der Waals surface area contributed by atoms with Crippen LogP contribution < -0.4 is 5.69 Å². The molecule has 0 radical (unpaired) electrons. The number of hydrogen-bond donors (Lipinski definition) is 0. The Morgan fingerprint density at radius 2 is 2.17 bits per heavy atom. The van der Waals surface area contributed by atoms with Crippen molar-refractivity contribution in [2.24, 2.45) is 11.8 Å². The van der Waals surface area contributed by atoms with Crippen molar-refractivity contribution in [1.29, 1.82) is 0 Å². The van der Waals surface area contributed by atoms with Crippen LogP contribution in [0.2, 0.25) is 0 Å². The van der Waals surface area contributed by atoms with Crippen molar-refractivity contribution < 1.29 is 9.53 Å². The summed E-state index contributed by atoms with van der Waals surface area (Å²) in [6, 6.07) is 5.35. The van der Waals surface area contributed by atoms with Crippen LogP contribution in [0.4, 0.5) is 0 Å². The highest BCUT2D eigenvalue weighted by molar-refractivity contribution is 5.69. The predicted molar refractivity (Wildman–Crippen MR) is 86.1 cm³/mol. The van der Waals surface area contributed by atoms with Crippen molar-refractivity contribution in [2.45, 2.75) is 32.7 Å². The molecule has 0 saturated heterocycles. The number of aromatic nitrogens is 3. The minimum atomic E-state index is -0.282. The molecule has 0 unspecified atom stereocenters. The second-order valence-corrected chi connectivity index (χ2v) is 6.05. The standard InChI is InChI=1S/C17H21N3O3/c1-13-6-2-3-7-14(13)12-23-16(21)9-11-20-17(22)19-10-5-4-8-15(19)18-20/h2-5,8,10,13-14H,6-7,9,11-12H2,1H3/t13-,14+/m0/s1. The van der Waals surface area contributed by atoms with Crippen LogP contribution in [0, 0.1) is 11.8 Å². The topological polar surface area (TPSA) is 65.6 Å². The third kappa shape index (κ3) is 3.52. The summed E-state index contributed by atoms with van der Waals surface area (Å²) in [5, 5.41) is 4.20. The van der Waals surface area contributed by atoms with Gasteiger partial charge in [-0.05, 0) is 36.8 Å². The number of fused-ring (bicyclic) bond motifs is 1. The highest BCUT2D eigenvalue weighted by Crippen LogP contribution is 2.25. The van der Waals surface area contributed by atoms with E-state index < -0.39 is 0 Å². The van der Waals surface area contributed by atoms with Gasteiger partial charge in [-0.15, -0.1) is 5.10 Å². The minimum absolute atomic E-state index is 0.154. The van der Waals surface area contributed by atoms with Crippen molar-refractivity contribution in [2.75, 3.05) is 6.61 Å². The van der Waals surface area contributed by atoms with Gasteiger partial charge < -0.3 is 4.74 Å². The van der Waals surface area contributed by atoms with Gasteiger partial charge in [0.05, 0.1) is 19.6 Å². The molecule has 2 atom stereocenters. The van der Waals surface area contributed by atoms with Gasteiger partial charge in [0.15, 0.2) is 5.65 Å². The maximum Gasteiger partial charge on any atom is 0.350 e. The van der Waals surface area contributed by atoms with Gasteiger partial charge in [0.2, 0.25) is 0 Å². The first kappa shape index (κ1) is 15.5. The van der Waals surface area contributed by atoms with Crippen LogP contribution in [0.5, 0.6) is 0 Å². The SMILES string of the molecule is C[C@H]1CC=CC[C@@H]1COC(=O)CCn1nc2ccccn2c1=O. The number of ether oxygens (including phenoxy) is 1. The van der Waals surface area contributed by atoms with Gasteiger partial charge in [-0.3, -0.25) is 9.20 Å². The molecule has 0 spiro atoms. The largest absolute Gasteiger partial charge is 0.465 e. The third-order valence-corrected chi connectivity index (χ3v) is 4.39. The van der Waals surface area contributed by atoms with Gasteiger partial charge in [0, 0.05) is 6.20 Å². The van der Waals surface area contributed by atoms with Crippen LogP contribution in [-0.4, -0.2) is 26.8 Å². The zero-order valence-corrected chi connectivity index (χ0v) is 13.2. The van der Waals surface area contributed by atoms with E-state index in [1.165, 1.54) is 9.08 Å². The molecule has 0 fully saturated rings. The first-order chi connectivity index (χ1) is 11.1. The number of aryl methyl sites for hydroxylation is 1. The Labute approximate surface area is 134 Å². The smallest absolute Gasteiger partial charge is 0.350 e. The van der Waals surface area contributed by atoms with E-state index in [1.54, 1.807) is 18.3 Å². The minimum Gasteiger partial charge on any atom is -0.465 e. The Morgan fingerprint density at radius 1 is 1.35 bits per heavy atom. The molecular weight excluding hydrogens is 294 g/mol. The molecule has 0 bridgehead atoms. The summed E-state index contributed by atoms with van der Waals surface area (Å²) in [4.78, 5) is 24.0. The Kier molecular flexibility index (Phi) is 4.60. The predicted octanol–water partition coefficient (Wildman–Crippen LogP) is 2.03. The number of hydrogen-bond acceptors (Lipinski definition) is 4. The zero-order valence-electron chi connectivity index (χ0n) is 13.2. The van der Waals surface area contributed by atoms with Gasteiger partial charge >= 0.3 is 11.7 Å². The maximum absolute atomic E-state index is 12.1. The average molecular weight is 315 g/mol. The first-order valence-corrected chi connectivity index (χ1v) is 8.00. The Bertz CT molecular complexity index is 775. The summed E-state index contributed by atoms with van der Waals surface area (Å²) in [5.41, 5.74) is 0.341. The van der Waals surface area contributed by atoms with Crippen molar-refractivity contribution >= 4 is 11.6 Å². The fourth-order valence-corrected chi connectivity index (χ4v) is 2.82. The number of pyridine rings is 1. The van der Waals surface area contributed by atoms with Crippen molar-refractivity contribution in [3.05, 3.63) is 47.0 Å². The molecule has 6 nitrogen and oxygen atoms in total. The second-order valence-electron chi connectivity index (χ2n) is 6.05. The fourth-order valence-electron chi connectivity index (χ4n) is 2.82. The molecular formula is C17H21N3O3. The highest BCUT2D eigenvalue weighted by Gasteiger charge is 2.20. The molecule has 2 heterocycles. The lowest BCUT2D eigenvalue weighted by atomic mass is 9.85. The van der Waals surface area contributed by atoms with Crippen LogP contribution in [0.15, 0.2) is 41.3 Å². The summed E-state index contributed by atoms with van der Waals surface area (Å²) in [6.07, 6.45) is 8.14. The monoisotopic (exact) mass is 315 g/mol. The van der Waals surface area contributed by atoms with Crippen LogP contribution >= 0.6 is 0 Å². The molecule has 0 aliphatic heterocycles. The van der Waals surface area contributed by atoms with Gasteiger partial charge in [-0.1, -0.05) is 25.1 Å². The van der Waals surface area contributed by atoms with Gasteiger partial charge in [0.1, 0.15) is 0 Å². The molecule has 1 aliphatic carbocycles. The number of carbonyl (C=O) groups is 1. The molecule has 0 N–H and O–H groups in total. The van der Waals surface area contributed by atoms with E-state index >= 15 is 0 Å². The van der Waals surface area contributed by atoms with E-state index in [-0.39, 0.29) is 24.6 Å². The van der Waals surface area contributed by atoms with Crippen molar-refractivity contribution in [3.63, 3.8) is 0 Å². The molecule has 0 saturated carbocycles. The molecule has 6 heteroatoms. The van der Waals surface area contributed by atoms with E-state index in [9.17, 15) is 9.59 Å². The molecule has 1 aliphatic rings. The summed E-state index contributed by atoms with van der Waals surface area (Å²) in [5.74, 6) is 0.645. The van der Waals surface area contributed by atoms with Crippen molar-refractivity contribution in [1.82, 2.24) is 14.2 Å². The zero-order chi connectivity index (χ0) is 16.2. The van der Waals surface area contributed by atoms with Crippen molar-refractivity contribution in [3.8, 4) is 0 Å². The lowest BCUT2D eigenvalue weighted by Gasteiger charge is -2.24. The fraction of sp³-hybridized carbons (Fsp3) is 0.471. The van der Waals surface area contributed by atoms with E-state index in [0.29, 0.717) is 24.1 Å². The molecule has 2 aromatic heterocycles. The maximum atomic E-state index is 12.1. The van der Waals surface area contributed by atoms with Gasteiger partial charge in [-0.2, -0.15) is 0 Å². The molecule has 122 valence electrons. The Balaban J connectivity index is 1.53. The summed E-state index contributed by atoms with van der Waals surface area (Å²) >= 11 is 0. The van der Waals surface area contributed by atoms with Crippen LogP contribution in [0.25, 0.3) is 5.65 Å². The second kappa shape index (κ2) is 6.81. The van der Waals surface area contributed by atoms with Gasteiger partial charge in [0.25, 0.3) is 0 Å².